The van der Waals surface area contributed by atoms with Crippen LogP contribution in [0.4, 0.5) is 10.1 Å². The van der Waals surface area contributed by atoms with Gasteiger partial charge in [0.1, 0.15) is 5.82 Å². The van der Waals surface area contributed by atoms with Gasteiger partial charge >= 0.3 is 0 Å². The van der Waals surface area contributed by atoms with Crippen LogP contribution in [0.15, 0.2) is 60.8 Å². The molecule has 0 amide bonds. The largest absolute Gasteiger partial charge is 0.504 e. The molecule has 0 aliphatic rings. The smallest absolute Gasteiger partial charge is 0.203 e. The van der Waals surface area contributed by atoms with E-state index >= 15 is 0 Å². The molecular formula is C27H26FNO6. The lowest BCUT2D eigenvalue weighted by atomic mass is 10.1. The Kier molecular flexibility index (Phi) is 8.34. The van der Waals surface area contributed by atoms with E-state index in [4.69, 9.17) is 18.9 Å². The third kappa shape index (κ3) is 6.11. The normalized spacial score (nSPS) is 11.0. The lowest BCUT2D eigenvalue weighted by Crippen LogP contribution is -1.98. The van der Waals surface area contributed by atoms with Gasteiger partial charge < -0.3 is 29.4 Å². The fraction of sp³-hybridized carbons (Fsp3) is 0.148. The number of allylic oxidation sites excluding steroid dienone is 1. The quantitative estimate of drug-likeness (QED) is 0.224. The minimum Gasteiger partial charge on any atom is -0.504 e. The van der Waals surface area contributed by atoms with E-state index in [2.05, 4.69) is 5.32 Å². The van der Waals surface area contributed by atoms with E-state index in [1.807, 2.05) is 6.08 Å². The first-order valence-corrected chi connectivity index (χ1v) is 10.5. The van der Waals surface area contributed by atoms with Crippen LogP contribution in [0.1, 0.15) is 21.5 Å². The zero-order valence-corrected chi connectivity index (χ0v) is 19.8. The molecule has 0 saturated carbocycles. The zero-order chi connectivity index (χ0) is 25.4. The molecule has 3 aromatic rings. The van der Waals surface area contributed by atoms with Crippen molar-refractivity contribution in [3.05, 3.63) is 83.3 Å². The summed E-state index contributed by atoms with van der Waals surface area (Å²) in [6.07, 6.45) is 6.27. The number of nitrogens with one attached hydrogen (secondary N) is 1. The minimum absolute atomic E-state index is 0.0908. The first-order chi connectivity index (χ1) is 16.9. The van der Waals surface area contributed by atoms with E-state index in [0.29, 0.717) is 28.5 Å². The molecule has 0 saturated heterocycles. The number of anilines is 1. The fourth-order valence-electron chi connectivity index (χ4n) is 3.39. The summed E-state index contributed by atoms with van der Waals surface area (Å²) >= 11 is 0. The van der Waals surface area contributed by atoms with Crippen molar-refractivity contribution in [1.82, 2.24) is 0 Å². The molecule has 0 unspecified atom stereocenters. The number of carbonyl (C=O) groups is 1. The molecule has 3 aromatic carbocycles. The number of phenols is 1. The molecule has 2 N–H and O–H groups in total. The molecule has 8 heteroatoms. The summed E-state index contributed by atoms with van der Waals surface area (Å²) in [6.45, 7) is 0. The van der Waals surface area contributed by atoms with Crippen LogP contribution in [-0.2, 0) is 0 Å². The minimum atomic E-state index is -0.490. The Hall–Kier alpha value is -4.46. The summed E-state index contributed by atoms with van der Waals surface area (Å²) in [4.78, 5) is 12.3. The number of halogens is 1. The molecule has 0 fully saturated rings. The van der Waals surface area contributed by atoms with Crippen LogP contribution >= 0.6 is 0 Å². The van der Waals surface area contributed by atoms with Crippen molar-refractivity contribution < 1.29 is 33.2 Å². The molecule has 0 aromatic heterocycles. The molecular weight excluding hydrogens is 453 g/mol. The van der Waals surface area contributed by atoms with Crippen molar-refractivity contribution in [1.29, 1.82) is 0 Å². The summed E-state index contributed by atoms with van der Waals surface area (Å²) in [5.74, 6) is 0.762. The highest BCUT2D eigenvalue weighted by Crippen LogP contribution is 2.39. The van der Waals surface area contributed by atoms with Gasteiger partial charge in [-0.3, -0.25) is 4.79 Å². The number of hydrogen-bond acceptors (Lipinski definition) is 7. The number of ketones is 1. The van der Waals surface area contributed by atoms with Crippen molar-refractivity contribution in [3.63, 3.8) is 0 Å². The van der Waals surface area contributed by atoms with Crippen molar-refractivity contribution in [2.24, 2.45) is 0 Å². The molecule has 0 heterocycles. The van der Waals surface area contributed by atoms with Crippen LogP contribution in [0.5, 0.6) is 28.7 Å². The predicted octanol–water partition coefficient (Wildman–Crippen LogP) is 5.54. The third-order valence-corrected chi connectivity index (χ3v) is 5.03. The van der Waals surface area contributed by atoms with Crippen molar-refractivity contribution in [2.45, 2.75) is 0 Å². The first kappa shape index (κ1) is 25.2. The maximum absolute atomic E-state index is 13.4. The second-order valence-electron chi connectivity index (χ2n) is 7.27. The second kappa shape index (κ2) is 11.6. The standard InChI is InChI=1S/C27H26FNO6/c1-32-24-14-18(15-25(33-2)27(24)35-4)9-8-17-12-21(26(34-3)23(31)13-17)29-11-10-22(30)19-6-5-7-20(28)16-19/h5-16,29,31H,1-4H3/b9-8-,11-10-. The number of hydrogen-bond donors (Lipinski definition) is 2. The maximum atomic E-state index is 13.4. The number of ether oxygens (including phenoxy) is 4. The van der Waals surface area contributed by atoms with Crippen molar-refractivity contribution >= 4 is 23.6 Å². The lowest BCUT2D eigenvalue weighted by Gasteiger charge is -2.13. The number of benzene rings is 3. The van der Waals surface area contributed by atoms with Gasteiger partial charge in [0.05, 0.1) is 34.1 Å². The van der Waals surface area contributed by atoms with E-state index in [-0.39, 0.29) is 22.8 Å². The van der Waals surface area contributed by atoms with Gasteiger partial charge in [-0.2, -0.15) is 0 Å². The van der Waals surface area contributed by atoms with Gasteiger partial charge in [0.2, 0.25) is 5.75 Å². The Balaban J connectivity index is 1.85. The molecule has 0 spiro atoms. The van der Waals surface area contributed by atoms with Gasteiger partial charge in [-0.05, 0) is 47.5 Å². The molecule has 0 aliphatic carbocycles. The molecule has 3 rings (SSSR count). The molecule has 0 bridgehead atoms. The zero-order valence-electron chi connectivity index (χ0n) is 19.8. The van der Waals surface area contributed by atoms with E-state index in [1.54, 1.807) is 30.3 Å². The topological polar surface area (TPSA) is 86.2 Å². The van der Waals surface area contributed by atoms with Gasteiger partial charge in [-0.1, -0.05) is 24.3 Å². The molecule has 0 radical (unpaired) electrons. The highest BCUT2D eigenvalue weighted by molar-refractivity contribution is 6.04. The predicted molar refractivity (Wildman–Crippen MR) is 133 cm³/mol. The molecule has 182 valence electrons. The number of carbonyl (C=O) groups excluding carboxylic acids is 1. The van der Waals surface area contributed by atoms with E-state index in [9.17, 15) is 14.3 Å². The fourth-order valence-corrected chi connectivity index (χ4v) is 3.39. The maximum Gasteiger partial charge on any atom is 0.203 e. The second-order valence-corrected chi connectivity index (χ2v) is 7.27. The molecule has 0 aliphatic heterocycles. The van der Waals surface area contributed by atoms with Crippen molar-refractivity contribution in [2.75, 3.05) is 33.8 Å². The number of phenolic OH excluding ortho intramolecular Hbond substituents is 1. The Morgan fingerprint density at radius 1 is 0.857 bits per heavy atom. The van der Waals surface area contributed by atoms with Crippen LogP contribution < -0.4 is 24.3 Å². The van der Waals surface area contributed by atoms with Crippen LogP contribution in [0.25, 0.3) is 12.2 Å². The average molecular weight is 480 g/mol. The highest BCUT2D eigenvalue weighted by Gasteiger charge is 2.13. The summed E-state index contributed by atoms with van der Waals surface area (Å²) in [6, 6.07) is 12.3. The Morgan fingerprint density at radius 2 is 1.49 bits per heavy atom. The summed E-state index contributed by atoms with van der Waals surface area (Å²) in [7, 11) is 6.03. The Bertz CT molecular complexity index is 1240. The van der Waals surface area contributed by atoms with Crippen LogP contribution in [0.2, 0.25) is 0 Å². The number of aromatic hydroxyl groups is 1. The van der Waals surface area contributed by atoms with E-state index < -0.39 is 5.82 Å². The first-order valence-electron chi connectivity index (χ1n) is 10.5. The molecule has 7 nitrogen and oxygen atoms in total. The summed E-state index contributed by atoms with van der Waals surface area (Å²) in [5, 5.41) is 13.4. The Morgan fingerprint density at radius 3 is 2.06 bits per heavy atom. The van der Waals surface area contributed by atoms with E-state index in [0.717, 1.165) is 11.6 Å². The monoisotopic (exact) mass is 479 g/mol. The number of methoxy groups -OCH3 is 4. The van der Waals surface area contributed by atoms with Gasteiger partial charge in [0.15, 0.2) is 28.8 Å². The summed E-state index contributed by atoms with van der Waals surface area (Å²) in [5.41, 5.74) is 2.09. The van der Waals surface area contributed by atoms with Crippen LogP contribution in [-0.4, -0.2) is 39.3 Å². The van der Waals surface area contributed by atoms with Gasteiger partial charge in [-0.25, -0.2) is 4.39 Å². The third-order valence-electron chi connectivity index (χ3n) is 5.03. The number of rotatable bonds is 10. The van der Waals surface area contributed by atoms with Gasteiger partial charge in [0, 0.05) is 17.8 Å². The SMILES string of the molecule is COc1cc(/C=C\c2cc(O)c(OC)c(N/C=C\C(=O)c3cccc(F)c3)c2)cc(OC)c1OC. The Labute approximate surface area is 203 Å². The average Bonchev–Trinajstić information content (AvgIpc) is 2.86. The summed E-state index contributed by atoms with van der Waals surface area (Å²) < 4.78 is 34.7. The lowest BCUT2D eigenvalue weighted by molar-refractivity contribution is 0.104. The molecule has 35 heavy (non-hydrogen) atoms. The van der Waals surface area contributed by atoms with Crippen LogP contribution in [0, 0.1) is 5.82 Å². The van der Waals surface area contributed by atoms with Gasteiger partial charge in [0.25, 0.3) is 0 Å². The van der Waals surface area contributed by atoms with Crippen LogP contribution in [0.3, 0.4) is 0 Å². The highest BCUT2D eigenvalue weighted by atomic mass is 19.1. The van der Waals surface area contributed by atoms with Crippen molar-refractivity contribution in [3.8, 4) is 28.7 Å². The van der Waals surface area contributed by atoms with Gasteiger partial charge in [-0.15, -0.1) is 0 Å². The van der Waals surface area contributed by atoms with E-state index in [1.165, 1.54) is 58.9 Å². The molecule has 0 atom stereocenters.